The number of carbonyl (C=O) groups is 2. The molecule has 0 bridgehead atoms. The van der Waals surface area contributed by atoms with Crippen molar-refractivity contribution in [2.24, 2.45) is 10.8 Å². The Morgan fingerprint density at radius 3 is 1.38 bits per heavy atom. The van der Waals surface area contributed by atoms with Gasteiger partial charge < -0.3 is 14.6 Å². The van der Waals surface area contributed by atoms with Crippen LogP contribution in [0.3, 0.4) is 0 Å². The molecular formula is C11H20O5. The predicted molar refractivity (Wildman–Crippen MR) is 57.6 cm³/mol. The SMILES string of the molecule is COC(=O)C(C)(C)C(O)C(C)(C)C(=O)OC. The summed E-state index contributed by atoms with van der Waals surface area (Å²) >= 11 is 0. The maximum Gasteiger partial charge on any atom is 0.313 e. The highest BCUT2D eigenvalue weighted by molar-refractivity contribution is 5.81. The third-order valence-electron chi connectivity index (χ3n) is 2.79. The molecule has 0 amide bonds. The van der Waals surface area contributed by atoms with Crippen LogP contribution in [0, 0.1) is 10.8 Å². The van der Waals surface area contributed by atoms with Crippen LogP contribution in [0.1, 0.15) is 27.7 Å². The zero-order valence-electron chi connectivity index (χ0n) is 10.7. The van der Waals surface area contributed by atoms with Crippen LogP contribution in [-0.2, 0) is 19.1 Å². The molecule has 0 atom stereocenters. The monoisotopic (exact) mass is 232 g/mol. The van der Waals surface area contributed by atoms with Gasteiger partial charge in [-0.25, -0.2) is 0 Å². The lowest BCUT2D eigenvalue weighted by Gasteiger charge is -2.36. The van der Waals surface area contributed by atoms with Gasteiger partial charge >= 0.3 is 11.9 Å². The number of hydrogen-bond donors (Lipinski definition) is 1. The van der Waals surface area contributed by atoms with Crippen LogP contribution in [0.15, 0.2) is 0 Å². The van der Waals surface area contributed by atoms with Crippen LogP contribution in [-0.4, -0.2) is 37.4 Å². The fourth-order valence-electron chi connectivity index (χ4n) is 1.65. The first-order valence-corrected chi connectivity index (χ1v) is 4.97. The van der Waals surface area contributed by atoms with Crippen LogP contribution in [0.2, 0.25) is 0 Å². The minimum Gasteiger partial charge on any atom is -0.469 e. The Balaban J connectivity index is 5.11. The molecule has 0 fully saturated rings. The standard InChI is InChI=1S/C11H20O5/c1-10(2,8(13)15-5)7(12)11(3,4)9(14)16-6/h7,12H,1-6H3. The predicted octanol–water partition coefficient (Wildman–Crippen LogP) is 0.746. The molecule has 0 aromatic rings. The number of aliphatic hydroxyl groups excluding tert-OH is 1. The number of esters is 2. The molecule has 0 aliphatic rings. The molecule has 0 spiro atoms. The van der Waals surface area contributed by atoms with Gasteiger partial charge in [0.25, 0.3) is 0 Å². The molecule has 0 aromatic heterocycles. The van der Waals surface area contributed by atoms with Crippen molar-refractivity contribution in [2.75, 3.05) is 14.2 Å². The van der Waals surface area contributed by atoms with Crippen molar-refractivity contribution in [3.8, 4) is 0 Å². The van der Waals surface area contributed by atoms with Crippen LogP contribution < -0.4 is 0 Å². The Labute approximate surface area is 95.7 Å². The largest absolute Gasteiger partial charge is 0.469 e. The molecule has 0 saturated carbocycles. The van der Waals surface area contributed by atoms with Gasteiger partial charge in [0.05, 0.1) is 31.2 Å². The van der Waals surface area contributed by atoms with Crippen LogP contribution in [0.4, 0.5) is 0 Å². The molecule has 0 aliphatic carbocycles. The molecule has 5 nitrogen and oxygen atoms in total. The first-order valence-electron chi connectivity index (χ1n) is 4.97. The first-order chi connectivity index (χ1) is 7.12. The summed E-state index contributed by atoms with van der Waals surface area (Å²) in [4.78, 5) is 23.0. The van der Waals surface area contributed by atoms with Gasteiger partial charge in [0.2, 0.25) is 0 Å². The van der Waals surface area contributed by atoms with Crippen LogP contribution >= 0.6 is 0 Å². The molecule has 1 N–H and O–H groups in total. The highest BCUT2D eigenvalue weighted by atomic mass is 16.5. The van der Waals surface area contributed by atoms with Gasteiger partial charge in [-0.3, -0.25) is 9.59 Å². The summed E-state index contributed by atoms with van der Waals surface area (Å²) in [6, 6.07) is 0. The highest BCUT2D eigenvalue weighted by Crippen LogP contribution is 2.35. The Morgan fingerprint density at radius 2 is 1.19 bits per heavy atom. The third kappa shape index (κ3) is 2.52. The number of aliphatic hydroxyl groups is 1. The molecule has 0 radical (unpaired) electrons. The van der Waals surface area contributed by atoms with Crippen molar-refractivity contribution in [1.29, 1.82) is 0 Å². The molecule has 5 heteroatoms. The molecule has 0 heterocycles. The summed E-state index contributed by atoms with van der Waals surface area (Å²) in [6.45, 7) is 6.09. The lowest BCUT2D eigenvalue weighted by Crippen LogP contribution is -2.50. The van der Waals surface area contributed by atoms with Crippen molar-refractivity contribution in [3.63, 3.8) is 0 Å². The molecule has 0 unspecified atom stereocenters. The summed E-state index contributed by atoms with van der Waals surface area (Å²) in [5.41, 5.74) is -2.35. The average molecular weight is 232 g/mol. The maximum atomic E-state index is 11.5. The second-order valence-electron chi connectivity index (χ2n) is 4.83. The van der Waals surface area contributed by atoms with E-state index in [0.29, 0.717) is 0 Å². The number of rotatable bonds is 4. The first kappa shape index (κ1) is 14.9. The van der Waals surface area contributed by atoms with E-state index in [1.54, 1.807) is 0 Å². The van der Waals surface area contributed by atoms with E-state index in [4.69, 9.17) is 0 Å². The van der Waals surface area contributed by atoms with E-state index in [1.165, 1.54) is 41.9 Å². The molecule has 0 saturated heterocycles. The van der Waals surface area contributed by atoms with Gasteiger partial charge in [-0.1, -0.05) is 0 Å². The van der Waals surface area contributed by atoms with Crippen molar-refractivity contribution < 1.29 is 24.2 Å². The van der Waals surface area contributed by atoms with Gasteiger partial charge in [0.1, 0.15) is 0 Å². The van der Waals surface area contributed by atoms with Crippen molar-refractivity contribution in [2.45, 2.75) is 33.8 Å². The van der Waals surface area contributed by atoms with E-state index in [0.717, 1.165) is 0 Å². The zero-order chi connectivity index (χ0) is 13.1. The smallest absolute Gasteiger partial charge is 0.313 e. The van der Waals surface area contributed by atoms with E-state index in [1.807, 2.05) is 0 Å². The van der Waals surface area contributed by atoms with E-state index >= 15 is 0 Å². The normalized spacial score (nSPS) is 12.5. The van der Waals surface area contributed by atoms with Gasteiger partial charge in [-0.2, -0.15) is 0 Å². The van der Waals surface area contributed by atoms with Gasteiger partial charge in [0, 0.05) is 0 Å². The fourth-order valence-corrected chi connectivity index (χ4v) is 1.65. The molecule has 0 rings (SSSR count). The third-order valence-corrected chi connectivity index (χ3v) is 2.79. The molecule has 0 aliphatic heterocycles. The van der Waals surface area contributed by atoms with Gasteiger partial charge in [-0.15, -0.1) is 0 Å². The topological polar surface area (TPSA) is 72.8 Å². The lowest BCUT2D eigenvalue weighted by atomic mass is 9.72. The van der Waals surface area contributed by atoms with E-state index in [9.17, 15) is 14.7 Å². The molecule has 16 heavy (non-hydrogen) atoms. The minimum atomic E-state index is -1.19. The van der Waals surface area contributed by atoms with Crippen molar-refractivity contribution >= 4 is 11.9 Å². The Bertz CT molecular complexity index is 252. The van der Waals surface area contributed by atoms with E-state index in [2.05, 4.69) is 9.47 Å². The molecule has 0 aromatic carbocycles. The average Bonchev–Trinajstić information content (AvgIpc) is 2.25. The van der Waals surface area contributed by atoms with Crippen LogP contribution in [0.5, 0.6) is 0 Å². The Morgan fingerprint density at radius 1 is 0.938 bits per heavy atom. The van der Waals surface area contributed by atoms with E-state index < -0.39 is 28.9 Å². The highest BCUT2D eigenvalue weighted by Gasteiger charge is 2.49. The molecule has 94 valence electrons. The number of carbonyl (C=O) groups excluding carboxylic acids is 2. The maximum absolute atomic E-state index is 11.5. The zero-order valence-corrected chi connectivity index (χ0v) is 10.7. The van der Waals surface area contributed by atoms with Gasteiger partial charge in [0.15, 0.2) is 0 Å². The second kappa shape index (κ2) is 4.82. The summed E-state index contributed by atoms with van der Waals surface area (Å²) in [5, 5.41) is 10.1. The van der Waals surface area contributed by atoms with Crippen LogP contribution in [0.25, 0.3) is 0 Å². The Kier molecular flexibility index (Phi) is 4.49. The summed E-state index contributed by atoms with van der Waals surface area (Å²) in [5.74, 6) is -1.14. The second-order valence-corrected chi connectivity index (χ2v) is 4.83. The summed E-state index contributed by atoms with van der Waals surface area (Å²) in [7, 11) is 2.48. The Hall–Kier alpha value is -1.10. The lowest BCUT2D eigenvalue weighted by molar-refractivity contribution is -0.173. The summed E-state index contributed by atoms with van der Waals surface area (Å²) < 4.78 is 9.19. The fraction of sp³-hybridized carbons (Fsp3) is 0.818. The number of ether oxygens (including phenoxy) is 2. The minimum absolute atomic E-state index is 0.572. The van der Waals surface area contributed by atoms with E-state index in [-0.39, 0.29) is 0 Å². The molecular weight excluding hydrogens is 212 g/mol. The van der Waals surface area contributed by atoms with Crippen molar-refractivity contribution in [1.82, 2.24) is 0 Å². The van der Waals surface area contributed by atoms with Crippen molar-refractivity contribution in [3.05, 3.63) is 0 Å². The quantitative estimate of drug-likeness (QED) is 0.724. The summed E-state index contributed by atoms with van der Waals surface area (Å²) in [6.07, 6.45) is -1.19. The number of methoxy groups -OCH3 is 2. The number of hydrogen-bond acceptors (Lipinski definition) is 5. The van der Waals surface area contributed by atoms with Gasteiger partial charge in [-0.05, 0) is 27.7 Å².